The summed E-state index contributed by atoms with van der Waals surface area (Å²) in [5.41, 5.74) is -2.03. The predicted molar refractivity (Wildman–Crippen MR) is 110 cm³/mol. The molecule has 2 heterocycles. The highest BCUT2D eigenvalue weighted by Crippen LogP contribution is 2.40. The molecule has 1 N–H and O–H groups in total. The first-order chi connectivity index (χ1) is 14.7. The van der Waals surface area contributed by atoms with Crippen LogP contribution in [0.25, 0.3) is 0 Å². The van der Waals surface area contributed by atoms with Crippen LogP contribution in [0.1, 0.15) is 24.6 Å². The molecule has 32 heavy (non-hydrogen) atoms. The first-order valence-corrected chi connectivity index (χ1v) is 9.89. The number of amides is 1. The number of alkyl halides is 3. The minimum absolute atomic E-state index is 0.0728. The van der Waals surface area contributed by atoms with Gasteiger partial charge in [-0.05, 0) is 50.6 Å². The van der Waals surface area contributed by atoms with Crippen LogP contribution < -0.4 is 9.80 Å². The quantitative estimate of drug-likeness (QED) is 0.660. The van der Waals surface area contributed by atoms with Gasteiger partial charge < -0.3 is 14.9 Å². The van der Waals surface area contributed by atoms with Gasteiger partial charge in [0.1, 0.15) is 17.7 Å². The fraction of sp³-hybridized carbons (Fsp3) is 0.381. The number of hydrogen-bond acceptors (Lipinski definition) is 4. The number of anilines is 2. The van der Waals surface area contributed by atoms with Crippen molar-refractivity contribution in [2.24, 2.45) is 5.41 Å². The molecule has 0 radical (unpaired) electrons. The van der Waals surface area contributed by atoms with E-state index in [2.05, 4.69) is 4.98 Å². The molecule has 1 fully saturated rings. The Balaban J connectivity index is 2.04. The summed E-state index contributed by atoms with van der Waals surface area (Å²) < 4.78 is 53.5. The monoisotopic (exact) mass is 473 g/mol. The molecule has 6 nitrogen and oxygen atoms in total. The second-order valence-electron chi connectivity index (χ2n) is 8.06. The number of likely N-dealkylation sites (N-methyl/N-ethyl adjacent to an activating group) is 1. The van der Waals surface area contributed by atoms with Crippen LogP contribution in [0.5, 0.6) is 0 Å². The van der Waals surface area contributed by atoms with Crippen molar-refractivity contribution in [3.05, 3.63) is 52.4 Å². The molecule has 1 amide bonds. The number of aliphatic carboxylic acids is 1. The molecule has 1 aliphatic heterocycles. The molecule has 0 aliphatic carbocycles. The molecule has 1 aromatic heterocycles. The van der Waals surface area contributed by atoms with E-state index in [0.717, 1.165) is 23.1 Å². The van der Waals surface area contributed by atoms with Crippen molar-refractivity contribution >= 4 is 35.0 Å². The van der Waals surface area contributed by atoms with Crippen molar-refractivity contribution in [3.8, 4) is 0 Å². The highest BCUT2D eigenvalue weighted by Gasteiger charge is 2.50. The van der Waals surface area contributed by atoms with Crippen LogP contribution in [0, 0.1) is 18.2 Å². The van der Waals surface area contributed by atoms with E-state index in [0.29, 0.717) is 0 Å². The number of nitrogens with zero attached hydrogens (tertiary/aromatic N) is 3. The Morgan fingerprint density at radius 1 is 1.28 bits per heavy atom. The van der Waals surface area contributed by atoms with Crippen LogP contribution in [0.2, 0.25) is 5.02 Å². The summed E-state index contributed by atoms with van der Waals surface area (Å²) in [6.45, 7) is 2.59. The molecule has 172 valence electrons. The summed E-state index contributed by atoms with van der Waals surface area (Å²) in [5, 5.41) is 9.47. The van der Waals surface area contributed by atoms with Crippen molar-refractivity contribution in [3.63, 3.8) is 0 Å². The molecule has 0 spiro atoms. The maximum atomic E-state index is 13.5. The van der Waals surface area contributed by atoms with Gasteiger partial charge in [-0.25, -0.2) is 9.37 Å². The zero-order chi connectivity index (χ0) is 24.0. The average molecular weight is 474 g/mol. The Morgan fingerprint density at radius 3 is 2.50 bits per heavy atom. The van der Waals surface area contributed by atoms with Crippen molar-refractivity contribution in [1.29, 1.82) is 0 Å². The number of aromatic nitrogens is 1. The van der Waals surface area contributed by atoms with E-state index in [4.69, 9.17) is 11.6 Å². The molecule has 2 atom stereocenters. The molecule has 1 saturated heterocycles. The minimum atomic E-state index is -4.64. The first-order valence-electron chi connectivity index (χ1n) is 9.51. The summed E-state index contributed by atoms with van der Waals surface area (Å²) in [6.07, 6.45) is -4.79. The van der Waals surface area contributed by atoms with E-state index in [9.17, 15) is 32.3 Å². The summed E-state index contributed by atoms with van der Waals surface area (Å²) in [5.74, 6) is -2.60. The maximum absolute atomic E-state index is 13.5. The molecule has 1 aromatic carbocycles. The number of carbonyl (C=O) groups is 2. The van der Waals surface area contributed by atoms with Gasteiger partial charge in [0.05, 0.1) is 16.0 Å². The first kappa shape index (κ1) is 23.8. The topological polar surface area (TPSA) is 73.7 Å². The van der Waals surface area contributed by atoms with Gasteiger partial charge in [0.2, 0.25) is 5.91 Å². The predicted octanol–water partition coefficient (Wildman–Crippen LogP) is 4.53. The van der Waals surface area contributed by atoms with Gasteiger partial charge >= 0.3 is 12.1 Å². The lowest BCUT2D eigenvalue weighted by Crippen LogP contribution is -2.44. The van der Waals surface area contributed by atoms with E-state index in [1.807, 2.05) is 0 Å². The SMILES string of the molecule is Cc1cc(C(F)(F)F)cc(N2C[C@@](C)(C(=O)O)C[C@H]2C(=O)N(C)c2ccc(F)c(Cl)c2)n1. The Morgan fingerprint density at radius 2 is 1.94 bits per heavy atom. The van der Waals surface area contributed by atoms with E-state index in [1.54, 1.807) is 0 Å². The third-order valence-corrected chi connectivity index (χ3v) is 5.81. The van der Waals surface area contributed by atoms with Gasteiger partial charge in [0.15, 0.2) is 0 Å². The number of carboxylic acids is 1. The molecular formula is C21H20ClF4N3O3. The molecule has 3 rings (SSSR count). The zero-order valence-electron chi connectivity index (χ0n) is 17.4. The zero-order valence-corrected chi connectivity index (χ0v) is 18.1. The standard InChI is InChI=1S/C21H20ClF4N3O3/c1-11-6-12(21(24,25)26)7-17(27-11)29-10-20(2,19(31)32)9-16(29)18(30)28(3)13-4-5-15(23)14(22)8-13/h4-8,16H,9-10H2,1-3H3,(H,31,32)/t16-,20-/m0/s1. The lowest BCUT2D eigenvalue weighted by Gasteiger charge is -2.29. The van der Waals surface area contributed by atoms with Crippen LogP contribution in [0.4, 0.5) is 29.1 Å². The van der Waals surface area contributed by atoms with Gasteiger partial charge in [0.25, 0.3) is 0 Å². The summed E-state index contributed by atoms with van der Waals surface area (Å²) in [7, 11) is 1.39. The largest absolute Gasteiger partial charge is 0.481 e. The van der Waals surface area contributed by atoms with Crippen molar-refractivity contribution in [2.45, 2.75) is 32.5 Å². The molecule has 0 saturated carbocycles. The number of carboxylic acid groups (broad SMARTS) is 1. The Kier molecular flexibility index (Phi) is 6.12. The van der Waals surface area contributed by atoms with E-state index >= 15 is 0 Å². The Bertz CT molecular complexity index is 1080. The molecular weight excluding hydrogens is 454 g/mol. The minimum Gasteiger partial charge on any atom is -0.481 e. The Labute approximate surface area is 186 Å². The normalized spacial score (nSPS) is 21.0. The van der Waals surface area contributed by atoms with Gasteiger partial charge in [-0.3, -0.25) is 9.59 Å². The molecule has 2 aromatic rings. The Hall–Kier alpha value is -2.88. The van der Waals surface area contributed by atoms with Crippen LogP contribution in [-0.2, 0) is 15.8 Å². The van der Waals surface area contributed by atoms with Gasteiger partial charge in [-0.2, -0.15) is 13.2 Å². The van der Waals surface area contributed by atoms with Crippen LogP contribution in [0.3, 0.4) is 0 Å². The number of pyridine rings is 1. The average Bonchev–Trinajstić information content (AvgIpc) is 3.07. The number of rotatable bonds is 4. The van der Waals surface area contributed by atoms with E-state index in [1.165, 1.54) is 37.9 Å². The fourth-order valence-electron chi connectivity index (χ4n) is 3.71. The number of aryl methyl sites for hydroxylation is 1. The third kappa shape index (κ3) is 4.50. The van der Waals surface area contributed by atoms with Crippen LogP contribution in [0.15, 0.2) is 30.3 Å². The molecule has 0 unspecified atom stereocenters. The lowest BCUT2D eigenvalue weighted by molar-refractivity contribution is -0.146. The van der Waals surface area contributed by atoms with Crippen molar-refractivity contribution < 1.29 is 32.3 Å². The highest BCUT2D eigenvalue weighted by atomic mass is 35.5. The molecule has 0 bridgehead atoms. The van der Waals surface area contributed by atoms with Crippen LogP contribution >= 0.6 is 11.6 Å². The number of halogens is 5. The number of benzene rings is 1. The fourth-order valence-corrected chi connectivity index (χ4v) is 3.88. The molecule has 1 aliphatic rings. The van der Waals surface area contributed by atoms with Crippen molar-refractivity contribution in [1.82, 2.24) is 4.98 Å². The third-order valence-electron chi connectivity index (χ3n) is 5.52. The smallest absolute Gasteiger partial charge is 0.416 e. The summed E-state index contributed by atoms with van der Waals surface area (Å²) in [4.78, 5) is 31.8. The molecule has 11 heteroatoms. The number of carbonyl (C=O) groups excluding carboxylic acids is 1. The van der Waals surface area contributed by atoms with Crippen molar-refractivity contribution in [2.75, 3.05) is 23.4 Å². The lowest BCUT2D eigenvalue weighted by atomic mass is 9.88. The van der Waals surface area contributed by atoms with E-state index < -0.39 is 40.9 Å². The van der Waals surface area contributed by atoms with Gasteiger partial charge in [-0.1, -0.05) is 11.6 Å². The van der Waals surface area contributed by atoms with Crippen LogP contribution in [-0.4, -0.2) is 41.6 Å². The van der Waals surface area contributed by atoms with Gasteiger partial charge in [-0.15, -0.1) is 0 Å². The summed E-state index contributed by atoms with van der Waals surface area (Å²) >= 11 is 5.79. The summed E-state index contributed by atoms with van der Waals surface area (Å²) in [6, 6.07) is 4.20. The van der Waals surface area contributed by atoms with Gasteiger partial charge in [0, 0.05) is 25.0 Å². The number of hydrogen-bond donors (Lipinski definition) is 1. The second kappa shape index (κ2) is 8.23. The maximum Gasteiger partial charge on any atom is 0.416 e. The highest BCUT2D eigenvalue weighted by molar-refractivity contribution is 6.31. The second-order valence-corrected chi connectivity index (χ2v) is 8.47. The van der Waals surface area contributed by atoms with E-state index in [-0.39, 0.29) is 35.2 Å².